The number of fused-ring (bicyclic) bond motifs is 1. The minimum atomic E-state index is -0.286. The Hall–Kier alpha value is -2.51. The lowest BCUT2D eigenvalue weighted by Gasteiger charge is -2.33. The second-order valence-electron chi connectivity index (χ2n) is 7.68. The molecule has 1 fully saturated rings. The van der Waals surface area contributed by atoms with Crippen molar-refractivity contribution in [3.8, 4) is 5.69 Å². The fraction of sp³-hybridized carbons (Fsp3) is 0.304. The Kier molecular flexibility index (Phi) is 5.16. The third-order valence-corrected chi connectivity index (χ3v) is 6.33. The highest BCUT2D eigenvalue weighted by atomic mass is 79.9. The number of benzene rings is 2. The van der Waals surface area contributed by atoms with Crippen molar-refractivity contribution < 1.29 is 13.9 Å². The van der Waals surface area contributed by atoms with Crippen LogP contribution in [-0.4, -0.2) is 40.3 Å². The van der Waals surface area contributed by atoms with E-state index in [0.717, 1.165) is 46.2 Å². The second-order valence-corrected chi connectivity index (χ2v) is 8.59. The van der Waals surface area contributed by atoms with E-state index >= 15 is 0 Å². The molecule has 5 rings (SSSR count). The molecule has 2 aromatic carbocycles. The number of amides is 1. The van der Waals surface area contributed by atoms with Gasteiger partial charge in [0.2, 0.25) is 0 Å². The van der Waals surface area contributed by atoms with Crippen LogP contribution in [0.5, 0.6) is 0 Å². The molecule has 1 unspecified atom stereocenters. The Morgan fingerprint density at radius 2 is 1.87 bits per heavy atom. The number of ether oxygens (including phenoxy) is 1. The fourth-order valence-corrected chi connectivity index (χ4v) is 4.53. The first kappa shape index (κ1) is 19.5. The van der Waals surface area contributed by atoms with Gasteiger partial charge in [0.15, 0.2) is 5.69 Å². The summed E-state index contributed by atoms with van der Waals surface area (Å²) in [5.41, 5.74) is 4.43. The van der Waals surface area contributed by atoms with Gasteiger partial charge in [-0.1, -0.05) is 28.1 Å². The average molecular weight is 470 g/mol. The summed E-state index contributed by atoms with van der Waals surface area (Å²) in [7, 11) is 0. The maximum absolute atomic E-state index is 13.4. The van der Waals surface area contributed by atoms with Gasteiger partial charge in [0.25, 0.3) is 5.91 Å². The second kappa shape index (κ2) is 7.96. The van der Waals surface area contributed by atoms with E-state index in [-0.39, 0.29) is 17.8 Å². The summed E-state index contributed by atoms with van der Waals surface area (Å²) in [6.07, 6.45) is 2.57. The molecular weight excluding hydrogens is 449 g/mol. The van der Waals surface area contributed by atoms with Crippen LogP contribution in [0.4, 0.5) is 4.39 Å². The molecule has 3 aromatic rings. The van der Waals surface area contributed by atoms with Gasteiger partial charge < -0.3 is 9.64 Å². The molecule has 0 radical (unpaired) electrons. The standard InChI is InChI=1S/C23H21BrFN3O2/c24-16-6-4-15(5-7-16)21-14-27(12-13-30-21)23(29)22-19-2-1-3-20(19)28(26-22)18-10-8-17(25)9-11-18/h4-11,21H,1-3,12-14H2. The average Bonchev–Trinajstić information content (AvgIpc) is 3.38. The van der Waals surface area contributed by atoms with Gasteiger partial charge >= 0.3 is 0 Å². The SMILES string of the molecule is O=C(c1nn(-c2ccc(F)cc2)c2c1CCC2)N1CCOC(c2ccc(Br)cc2)C1. The van der Waals surface area contributed by atoms with Crippen molar-refractivity contribution in [3.63, 3.8) is 0 Å². The Morgan fingerprint density at radius 1 is 1.10 bits per heavy atom. The summed E-state index contributed by atoms with van der Waals surface area (Å²) in [5, 5.41) is 4.67. The highest BCUT2D eigenvalue weighted by Gasteiger charge is 2.32. The van der Waals surface area contributed by atoms with Crippen LogP contribution in [0.25, 0.3) is 5.69 Å². The largest absolute Gasteiger partial charge is 0.370 e. The zero-order chi connectivity index (χ0) is 20.7. The molecule has 0 spiro atoms. The molecular formula is C23H21BrFN3O2. The molecule has 0 saturated carbocycles. The van der Waals surface area contributed by atoms with Crippen molar-refractivity contribution in [3.05, 3.63) is 81.3 Å². The summed E-state index contributed by atoms with van der Waals surface area (Å²) in [4.78, 5) is 15.3. The van der Waals surface area contributed by atoms with E-state index in [4.69, 9.17) is 4.74 Å². The van der Waals surface area contributed by atoms with Crippen LogP contribution >= 0.6 is 15.9 Å². The van der Waals surface area contributed by atoms with Crippen molar-refractivity contribution in [1.82, 2.24) is 14.7 Å². The first-order valence-corrected chi connectivity index (χ1v) is 10.9. The molecule has 2 heterocycles. The monoisotopic (exact) mass is 469 g/mol. The Morgan fingerprint density at radius 3 is 2.63 bits per heavy atom. The molecule has 7 heteroatoms. The van der Waals surface area contributed by atoms with Crippen LogP contribution in [0.15, 0.2) is 53.0 Å². The summed E-state index contributed by atoms with van der Waals surface area (Å²) in [6, 6.07) is 14.2. The number of rotatable bonds is 3. The van der Waals surface area contributed by atoms with E-state index in [2.05, 4.69) is 21.0 Å². The molecule has 1 aromatic heterocycles. The van der Waals surface area contributed by atoms with Gasteiger partial charge in [0.1, 0.15) is 11.9 Å². The number of hydrogen-bond donors (Lipinski definition) is 0. The molecule has 1 aliphatic heterocycles. The van der Waals surface area contributed by atoms with Gasteiger partial charge in [-0.05, 0) is 61.2 Å². The molecule has 0 bridgehead atoms. The molecule has 1 aliphatic carbocycles. The molecule has 1 atom stereocenters. The lowest BCUT2D eigenvalue weighted by atomic mass is 10.1. The summed E-state index contributed by atoms with van der Waals surface area (Å²) in [5.74, 6) is -0.342. The minimum Gasteiger partial charge on any atom is -0.370 e. The summed E-state index contributed by atoms with van der Waals surface area (Å²) < 4.78 is 22.1. The lowest BCUT2D eigenvalue weighted by molar-refractivity contribution is -0.0230. The van der Waals surface area contributed by atoms with Crippen molar-refractivity contribution >= 4 is 21.8 Å². The van der Waals surface area contributed by atoms with E-state index < -0.39 is 0 Å². The number of halogens is 2. The topological polar surface area (TPSA) is 47.4 Å². The molecule has 5 nitrogen and oxygen atoms in total. The van der Waals surface area contributed by atoms with Gasteiger partial charge in [-0.2, -0.15) is 5.10 Å². The van der Waals surface area contributed by atoms with Crippen molar-refractivity contribution in [2.45, 2.75) is 25.4 Å². The first-order valence-electron chi connectivity index (χ1n) is 10.1. The van der Waals surface area contributed by atoms with Crippen LogP contribution < -0.4 is 0 Å². The van der Waals surface area contributed by atoms with Gasteiger partial charge in [-0.3, -0.25) is 4.79 Å². The first-order chi connectivity index (χ1) is 14.6. The number of aromatic nitrogens is 2. The summed E-state index contributed by atoms with van der Waals surface area (Å²) in [6.45, 7) is 1.54. The third-order valence-electron chi connectivity index (χ3n) is 5.80. The van der Waals surface area contributed by atoms with Crippen LogP contribution in [0, 0.1) is 5.82 Å². The van der Waals surface area contributed by atoms with E-state index in [0.29, 0.717) is 25.4 Å². The van der Waals surface area contributed by atoms with Gasteiger partial charge in [-0.25, -0.2) is 9.07 Å². The smallest absolute Gasteiger partial charge is 0.274 e. The number of carbonyl (C=O) groups excluding carboxylic acids is 1. The number of morpholine rings is 1. The van der Waals surface area contributed by atoms with Crippen LogP contribution in [0.3, 0.4) is 0 Å². The highest BCUT2D eigenvalue weighted by Crippen LogP contribution is 2.30. The predicted octanol–water partition coefficient (Wildman–Crippen LogP) is 4.48. The summed E-state index contributed by atoms with van der Waals surface area (Å²) >= 11 is 3.45. The van der Waals surface area contributed by atoms with E-state index in [1.54, 1.807) is 12.1 Å². The molecule has 154 valence electrons. The van der Waals surface area contributed by atoms with E-state index in [9.17, 15) is 9.18 Å². The van der Waals surface area contributed by atoms with Crippen LogP contribution in [0.1, 0.15) is 39.8 Å². The van der Waals surface area contributed by atoms with E-state index in [1.807, 2.05) is 33.8 Å². The molecule has 0 N–H and O–H groups in total. The molecule has 30 heavy (non-hydrogen) atoms. The molecule has 1 saturated heterocycles. The van der Waals surface area contributed by atoms with Gasteiger partial charge in [0.05, 0.1) is 18.8 Å². The maximum Gasteiger partial charge on any atom is 0.274 e. The normalized spacial score (nSPS) is 18.5. The number of carbonyl (C=O) groups is 1. The molecule has 2 aliphatic rings. The van der Waals surface area contributed by atoms with Crippen LogP contribution in [0.2, 0.25) is 0 Å². The van der Waals surface area contributed by atoms with Crippen molar-refractivity contribution in [1.29, 1.82) is 0 Å². The molecule has 1 amide bonds. The van der Waals surface area contributed by atoms with E-state index in [1.165, 1.54) is 12.1 Å². The zero-order valence-corrected chi connectivity index (χ0v) is 17.9. The number of hydrogen-bond acceptors (Lipinski definition) is 3. The minimum absolute atomic E-state index is 0.0561. The zero-order valence-electron chi connectivity index (χ0n) is 16.4. The Bertz CT molecular complexity index is 1080. The predicted molar refractivity (Wildman–Crippen MR) is 114 cm³/mol. The lowest BCUT2D eigenvalue weighted by Crippen LogP contribution is -2.42. The fourth-order valence-electron chi connectivity index (χ4n) is 4.27. The maximum atomic E-state index is 13.4. The van der Waals surface area contributed by atoms with Crippen LogP contribution in [-0.2, 0) is 17.6 Å². The Balaban J connectivity index is 1.43. The van der Waals surface area contributed by atoms with Gasteiger partial charge in [0, 0.05) is 22.3 Å². The third kappa shape index (κ3) is 3.56. The van der Waals surface area contributed by atoms with Crippen molar-refractivity contribution in [2.24, 2.45) is 0 Å². The number of nitrogens with zero attached hydrogens (tertiary/aromatic N) is 3. The Labute approximate surface area is 182 Å². The quantitative estimate of drug-likeness (QED) is 0.568. The highest BCUT2D eigenvalue weighted by molar-refractivity contribution is 9.10. The van der Waals surface area contributed by atoms with Gasteiger partial charge in [-0.15, -0.1) is 0 Å². The van der Waals surface area contributed by atoms with Crippen molar-refractivity contribution in [2.75, 3.05) is 19.7 Å².